The molecule has 0 aliphatic heterocycles. The minimum Gasteiger partial charge on any atom is -0.462 e. The molecule has 2 nitrogen and oxygen atoms in total. The molecule has 108 valence electrons. The summed E-state index contributed by atoms with van der Waals surface area (Å²) in [5.74, 6) is 0.764. The van der Waals surface area contributed by atoms with Gasteiger partial charge in [-0.1, -0.05) is 48.5 Å². The minimum atomic E-state index is -0.0777. The van der Waals surface area contributed by atoms with Gasteiger partial charge in [0.2, 0.25) is 0 Å². The minimum absolute atomic E-state index is 0.0154. The molecule has 0 aliphatic rings. The number of carbonyl (C=O) groups excluding carboxylic acids is 1. The monoisotopic (exact) mass is 274 g/mol. The van der Waals surface area contributed by atoms with Crippen molar-refractivity contribution in [2.24, 2.45) is 10.8 Å². The molecule has 0 radical (unpaired) electrons. The van der Waals surface area contributed by atoms with Crippen molar-refractivity contribution in [3.63, 3.8) is 0 Å². The summed E-state index contributed by atoms with van der Waals surface area (Å²) in [6.07, 6.45) is 0.473. The average molecular weight is 274 g/mol. The maximum atomic E-state index is 11.7. The van der Waals surface area contributed by atoms with Gasteiger partial charge in [-0.3, -0.25) is 4.79 Å². The molecule has 2 unspecified atom stereocenters. The molecule has 0 heterocycles. The molecule has 0 fully saturated rings. The van der Waals surface area contributed by atoms with Crippen molar-refractivity contribution in [2.75, 3.05) is 5.75 Å². The topological polar surface area (TPSA) is 26.3 Å². The van der Waals surface area contributed by atoms with Crippen LogP contribution in [-0.4, -0.2) is 23.1 Å². The van der Waals surface area contributed by atoms with E-state index < -0.39 is 0 Å². The van der Waals surface area contributed by atoms with Crippen molar-refractivity contribution in [1.82, 2.24) is 0 Å². The van der Waals surface area contributed by atoms with E-state index in [4.69, 9.17) is 4.74 Å². The summed E-state index contributed by atoms with van der Waals surface area (Å²) in [5.41, 5.74) is 0.300. The van der Waals surface area contributed by atoms with Gasteiger partial charge in [0.15, 0.2) is 0 Å². The highest BCUT2D eigenvalue weighted by atomic mass is 32.2. The van der Waals surface area contributed by atoms with E-state index in [9.17, 15) is 4.79 Å². The van der Waals surface area contributed by atoms with Gasteiger partial charge in [0.1, 0.15) is 6.10 Å². The Hall–Kier alpha value is -0.180. The normalized spacial score (nSPS) is 16.2. The van der Waals surface area contributed by atoms with Crippen LogP contribution in [0.5, 0.6) is 0 Å². The Kier molecular flexibility index (Phi) is 6.77. The number of esters is 1. The molecule has 0 amide bonds. The second-order valence-electron chi connectivity index (χ2n) is 7.13. The Morgan fingerprint density at radius 3 is 1.94 bits per heavy atom. The molecule has 0 N–H and O–H groups in total. The van der Waals surface area contributed by atoms with Gasteiger partial charge >= 0.3 is 5.97 Å². The van der Waals surface area contributed by atoms with Crippen LogP contribution < -0.4 is 0 Å². The number of thioether (sulfide) groups is 1. The van der Waals surface area contributed by atoms with Crippen molar-refractivity contribution in [3.8, 4) is 0 Å². The lowest BCUT2D eigenvalue weighted by Crippen LogP contribution is -2.29. The molecule has 0 bridgehead atoms. The molecule has 0 aromatic heterocycles. The summed E-state index contributed by atoms with van der Waals surface area (Å²) in [6, 6.07) is 0. The van der Waals surface area contributed by atoms with E-state index in [0.29, 0.717) is 11.7 Å². The summed E-state index contributed by atoms with van der Waals surface area (Å²) in [4.78, 5) is 11.7. The zero-order chi connectivity index (χ0) is 14.6. The van der Waals surface area contributed by atoms with Crippen LogP contribution >= 0.6 is 11.8 Å². The van der Waals surface area contributed by atoms with Crippen LogP contribution in [-0.2, 0) is 9.53 Å². The van der Waals surface area contributed by atoms with Crippen molar-refractivity contribution in [1.29, 1.82) is 0 Å². The van der Waals surface area contributed by atoms with Crippen molar-refractivity contribution >= 4 is 17.7 Å². The number of ether oxygens (including phenoxy) is 1. The van der Waals surface area contributed by atoms with Gasteiger partial charge in [0.05, 0.1) is 6.42 Å². The number of carbonyl (C=O) groups is 1. The van der Waals surface area contributed by atoms with E-state index in [0.717, 1.165) is 5.75 Å². The largest absolute Gasteiger partial charge is 0.462 e. The second-order valence-corrected chi connectivity index (χ2v) is 8.58. The Balaban J connectivity index is 3.93. The van der Waals surface area contributed by atoms with Crippen molar-refractivity contribution < 1.29 is 9.53 Å². The third-order valence-electron chi connectivity index (χ3n) is 3.42. The first-order valence-corrected chi connectivity index (χ1v) is 7.80. The molecule has 2 atom stereocenters. The lowest BCUT2D eigenvalue weighted by Gasteiger charge is -2.28. The number of hydrogen-bond acceptors (Lipinski definition) is 3. The first-order chi connectivity index (χ1) is 7.94. The van der Waals surface area contributed by atoms with Crippen LogP contribution in [0.4, 0.5) is 0 Å². The van der Waals surface area contributed by atoms with E-state index in [-0.39, 0.29) is 22.9 Å². The number of hydrogen-bond donors (Lipinski definition) is 0. The molecular weight excluding hydrogens is 244 g/mol. The van der Waals surface area contributed by atoms with E-state index in [1.54, 1.807) is 0 Å². The van der Waals surface area contributed by atoms with Gasteiger partial charge < -0.3 is 4.74 Å². The summed E-state index contributed by atoms with van der Waals surface area (Å²) in [7, 11) is 0. The van der Waals surface area contributed by atoms with Crippen molar-refractivity contribution in [3.05, 3.63) is 0 Å². The zero-order valence-corrected chi connectivity index (χ0v) is 14.1. The van der Waals surface area contributed by atoms with Crippen LogP contribution in [0.25, 0.3) is 0 Å². The van der Waals surface area contributed by atoms with Crippen LogP contribution in [0.1, 0.15) is 61.8 Å². The molecular formula is C15H30O2S. The maximum Gasteiger partial charge on any atom is 0.306 e. The lowest BCUT2D eigenvalue weighted by atomic mass is 9.90. The van der Waals surface area contributed by atoms with Crippen LogP contribution in [0.3, 0.4) is 0 Å². The summed E-state index contributed by atoms with van der Waals surface area (Å²) < 4.78 is 5.43. The third-order valence-corrected chi connectivity index (χ3v) is 5.07. The smallest absolute Gasteiger partial charge is 0.306 e. The molecule has 0 aliphatic carbocycles. The van der Waals surface area contributed by atoms with Gasteiger partial charge in [-0.05, 0) is 17.8 Å². The fourth-order valence-corrected chi connectivity index (χ4v) is 2.14. The van der Waals surface area contributed by atoms with E-state index in [2.05, 4.69) is 48.5 Å². The van der Waals surface area contributed by atoms with Gasteiger partial charge in [0.25, 0.3) is 0 Å². The van der Waals surface area contributed by atoms with E-state index in [1.165, 1.54) is 0 Å². The molecule has 0 spiro atoms. The van der Waals surface area contributed by atoms with Crippen molar-refractivity contribution in [2.45, 2.75) is 73.2 Å². The maximum absolute atomic E-state index is 11.7. The van der Waals surface area contributed by atoms with Gasteiger partial charge in [0, 0.05) is 11.0 Å². The summed E-state index contributed by atoms with van der Waals surface area (Å²) in [5, 5.41) is 0.547. The van der Waals surface area contributed by atoms with Crippen LogP contribution in [0, 0.1) is 10.8 Å². The highest BCUT2D eigenvalue weighted by Gasteiger charge is 2.24. The molecule has 0 aromatic rings. The summed E-state index contributed by atoms with van der Waals surface area (Å²) in [6.45, 7) is 17.1. The highest BCUT2D eigenvalue weighted by molar-refractivity contribution is 7.99. The SMILES string of the molecule is CC(OC(=O)CCSC(C)C(C)(C)C)C(C)(C)C. The molecule has 0 saturated carbocycles. The number of rotatable bonds is 5. The first-order valence-electron chi connectivity index (χ1n) is 6.75. The van der Waals surface area contributed by atoms with Gasteiger partial charge in [-0.2, -0.15) is 11.8 Å². The average Bonchev–Trinajstić information content (AvgIpc) is 2.14. The molecule has 18 heavy (non-hydrogen) atoms. The Bertz CT molecular complexity index is 261. The quantitative estimate of drug-likeness (QED) is 0.689. The highest BCUT2D eigenvalue weighted by Crippen LogP contribution is 2.30. The Morgan fingerprint density at radius 2 is 1.56 bits per heavy atom. The predicted molar refractivity (Wildman–Crippen MR) is 81.0 cm³/mol. The molecule has 0 aromatic carbocycles. The predicted octanol–water partition coefficient (Wildman–Crippen LogP) is 4.52. The fourth-order valence-electron chi connectivity index (χ4n) is 1.00. The Morgan fingerprint density at radius 1 is 1.06 bits per heavy atom. The van der Waals surface area contributed by atoms with E-state index in [1.807, 2.05) is 18.7 Å². The lowest BCUT2D eigenvalue weighted by molar-refractivity contribution is -0.152. The molecule has 0 saturated heterocycles. The summed E-state index contributed by atoms with van der Waals surface area (Å²) >= 11 is 1.85. The van der Waals surface area contributed by atoms with Gasteiger partial charge in [-0.15, -0.1) is 0 Å². The van der Waals surface area contributed by atoms with E-state index >= 15 is 0 Å². The second kappa shape index (κ2) is 6.83. The van der Waals surface area contributed by atoms with Crippen LogP contribution in [0.15, 0.2) is 0 Å². The Labute approximate surface area is 117 Å². The zero-order valence-electron chi connectivity index (χ0n) is 13.3. The molecule has 3 heteroatoms. The molecule has 0 rings (SSSR count). The first kappa shape index (κ1) is 17.8. The van der Waals surface area contributed by atoms with Crippen LogP contribution in [0.2, 0.25) is 0 Å². The third kappa shape index (κ3) is 7.30. The fraction of sp³-hybridized carbons (Fsp3) is 0.933. The standard InChI is InChI=1S/C15H30O2S/c1-11(14(3,4)5)17-13(16)9-10-18-12(2)15(6,7)8/h11-12H,9-10H2,1-8H3. The van der Waals surface area contributed by atoms with Gasteiger partial charge in [-0.25, -0.2) is 0 Å².